The number of hydrogen-bond donors (Lipinski definition) is 0. The normalized spacial score (nSPS) is 13.7. The minimum absolute atomic E-state index is 0.0630. The van der Waals surface area contributed by atoms with E-state index < -0.39 is 8.07 Å². The highest BCUT2D eigenvalue weighted by Crippen LogP contribution is 2.52. The fourth-order valence-electron chi connectivity index (χ4n) is 11.9. The van der Waals surface area contributed by atoms with Gasteiger partial charge in [0.2, 0.25) is 0 Å². The molecule has 0 saturated heterocycles. The number of hydrogen-bond acceptors (Lipinski definition) is 2. The molecule has 10 aromatic rings. The highest BCUT2D eigenvalue weighted by Gasteiger charge is 2.42. The SMILES string of the molecule is CC1(C)c2ccccc2-c2cc(N(c3ccccc3)c3ccc([Si](c4ccccc4)(c4ccccc4)c4cccc(N(c5ccccc5)c5ccc6c(c5)-c5ccccc5C6(C)C)c4)cc3)ccc21. The molecule has 0 aromatic heterocycles. The Morgan fingerprint density at radius 3 is 1.04 bits per heavy atom. The summed E-state index contributed by atoms with van der Waals surface area (Å²) in [6.07, 6.45) is 0. The number of benzene rings is 10. The smallest absolute Gasteiger partial charge is 0.179 e. The fraction of sp³-hybridized carbons (Fsp3) is 0.0909. The van der Waals surface area contributed by atoms with Crippen LogP contribution in [0.25, 0.3) is 22.3 Å². The quantitative estimate of drug-likeness (QED) is 0.0997. The summed E-state index contributed by atoms with van der Waals surface area (Å²) in [5, 5.41) is 5.31. The summed E-state index contributed by atoms with van der Waals surface area (Å²) < 4.78 is 0. The van der Waals surface area contributed by atoms with Crippen LogP contribution in [-0.4, -0.2) is 8.07 Å². The van der Waals surface area contributed by atoms with E-state index in [1.807, 2.05) is 0 Å². The van der Waals surface area contributed by atoms with Crippen LogP contribution in [0, 0.1) is 0 Å². The zero-order valence-electron chi connectivity index (χ0n) is 39.6. The van der Waals surface area contributed by atoms with Crippen LogP contribution in [0.1, 0.15) is 49.9 Å². The van der Waals surface area contributed by atoms with E-state index in [0.29, 0.717) is 0 Å². The average molecular weight is 903 g/mol. The van der Waals surface area contributed by atoms with Crippen molar-refractivity contribution in [3.05, 3.63) is 277 Å². The third kappa shape index (κ3) is 6.83. The van der Waals surface area contributed by atoms with Crippen molar-refractivity contribution in [1.29, 1.82) is 0 Å². The van der Waals surface area contributed by atoms with Gasteiger partial charge >= 0.3 is 0 Å². The van der Waals surface area contributed by atoms with Crippen LogP contribution in [0.3, 0.4) is 0 Å². The van der Waals surface area contributed by atoms with Gasteiger partial charge in [0.25, 0.3) is 0 Å². The Balaban J connectivity index is 1.03. The van der Waals surface area contributed by atoms with Gasteiger partial charge in [-0.2, -0.15) is 0 Å². The van der Waals surface area contributed by atoms with E-state index in [1.165, 1.54) is 65.3 Å². The minimum atomic E-state index is -2.99. The molecule has 0 heterocycles. The summed E-state index contributed by atoms with van der Waals surface area (Å²) in [6.45, 7) is 9.40. The average Bonchev–Trinajstić information content (AvgIpc) is 3.77. The van der Waals surface area contributed by atoms with Gasteiger partial charge in [-0.15, -0.1) is 0 Å². The second-order valence-electron chi connectivity index (χ2n) is 19.7. The third-order valence-electron chi connectivity index (χ3n) is 15.2. The van der Waals surface area contributed by atoms with Crippen molar-refractivity contribution in [2.24, 2.45) is 0 Å². The second kappa shape index (κ2) is 16.7. The number of nitrogens with zero attached hydrogens (tertiary/aromatic N) is 2. The largest absolute Gasteiger partial charge is 0.310 e. The number of rotatable bonds is 10. The molecule has 0 amide bonds. The molecular formula is C66H54N2Si. The second-order valence-corrected chi connectivity index (χ2v) is 23.5. The lowest BCUT2D eigenvalue weighted by Gasteiger charge is -2.36. The molecule has 0 spiro atoms. The van der Waals surface area contributed by atoms with E-state index in [-0.39, 0.29) is 10.8 Å². The molecule has 0 radical (unpaired) electrons. The van der Waals surface area contributed by atoms with E-state index >= 15 is 0 Å². The minimum Gasteiger partial charge on any atom is -0.310 e. The third-order valence-corrected chi connectivity index (χ3v) is 20.0. The zero-order valence-corrected chi connectivity index (χ0v) is 40.6. The van der Waals surface area contributed by atoms with Crippen LogP contribution in [0.4, 0.5) is 34.1 Å². The van der Waals surface area contributed by atoms with E-state index in [4.69, 9.17) is 0 Å². The van der Waals surface area contributed by atoms with Gasteiger partial charge in [0.15, 0.2) is 8.07 Å². The molecule has 3 heteroatoms. The molecule has 10 aromatic carbocycles. The van der Waals surface area contributed by atoms with Crippen LogP contribution < -0.4 is 30.5 Å². The number of anilines is 6. The molecule has 69 heavy (non-hydrogen) atoms. The van der Waals surface area contributed by atoms with Gasteiger partial charge in [-0.3, -0.25) is 0 Å². The van der Waals surface area contributed by atoms with E-state index in [1.54, 1.807) is 0 Å². The molecule has 0 N–H and O–H groups in total. The highest BCUT2D eigenvalue weighted by molar-refractivity contribution is 7.20. The van der Waals surface area contributed by atoms with Gasteiger partial charge < -0.3 is 9.80 Å². The highest BCUT2D eigenvalue weighted by atomic mass is 28.3. The maximum Gasteiger partial charge on any atom is 0.179 e. The van der Waals surface area contributed by atoms with E-state index in [2.05, 4.69) is 292 Å². The lowest BCUT2D eigenvalue weighted by atomic mass is 9.82. The van der Waals surface area contributed by atoms with Crippen molar-refractivity contribution in [2.45, 2.75) is 38.5 Å². The molecule has 332 valence electrons. The Bertz CT molecular complexity index is 3450. The van der Waals surface area contributed by atoms with Crippen LogP contribution in [0.5, 0.6) is 0 Å². The first-order valence-corrected chi connectivity index (χ1v) is 26.3. The topological polar surface area (TPSA) is 6.48 Å². The first kappa shape index (κ1) is 42.4. The molecule has 2 aliphatic rings. The van der Waals surface area contributed by atoms with Crippen molar-refractivity contribution in [1.82, 2.24) is 0 Å². The lowest BCUT2D eigenvalue weighted by Crippen LogP contribution is -2.74. The molecule has 0 atom stereocenters. The van der Waals surface area contributed by atoms with Gasteiger partial charge in [0, 0.05) is 45.0 Å². The van der Waals surface area contributed by atoms with Gasteiger partial charge in [0.05, 0.1) is 0 Å². The summed E-state index contributed by atoms with van der Waals surface area (Å²) in [7, 11) is -2.99. The lowest BCUT2D eigenvalue weighted by molar-refractivity contribution is 0.660. The Morgan fingerprint density at radius 2 is 0.565 bits per heavy atom. The van der Waals surface area contributed by atoms with Crippen LogP contribution in [0.15, 0.2) is 255 Å². The predicted octanol–water partition coefficient (Wildman–Crippen LogP) is 14.6. The Kier molecular flexibility index (Phi) is 10.2. The van der Waals surface area contributed by atoms with Crippen molar-refractivity contribution in [2.75, 3.05) is 9.80 Å². The maximum atomic E-state index is 2.48. The number of fused-ring (bicyclic) bond motifs is 6. The monoisotopic (exact) mass is 902 g/mol. The summed E-state index contributed by atoms with van der Waals surface area (Å²) >= 11 is 0. The van der Waals surface area contributed by atoms with Crippen LogP contribution in [0.2, 0.25) is 0 Å². The predicted molar refractivity (Wildman–Crippen MR) is 295 cm³/mol. The van der Waals surface area contributed by atoms with Crippen molar-refractivity contribution < 1.29 is 0 Å². The van der Waals surface area contributed by atoms with Gasteiger partial charge in [0.1, 0.15) is 0 Å². The standard InChI is InChI=1S/C66H54N2Si/c1-65(2)61-34-19-17-32-57(61)59-45-51(38-42-63(59)65)67(47-22-9-5-10-23-47)49-36-40-55(41-37-49)69(53-27-13-7-14-28-53,54-29-15-8-16-30-54)56-31-21-26-50(44-56)68(48-24-11-6-12-25-48)52-39-43-64-60(46-52)58-33-18-20-35-62(58)66(64,3)4/h5-46H,1-4H3. The molecule has 0 unspecified atom stereocenters. The molecule has 0 bridgehead atoms. The Morgan fingerprint density at radius 1 is 0.246 bits per heavy atom. The van der Waals surface area contributed by atoms with E-state index in [9.17, 15) is 0 Å². The summed E-state index contributed by atoms with van der Waals surface area (Å²) in [5.41, 5.74) is 17.4. The maximum absolute atomic E-state index is 2.99. The van der Waals surface area contributed by atoms with E-state index in [0.717, 1.165) is 34.1 Å². The van der Waals surface area contributed by atoms with Gasteiger partial charge in [-0.05, 0) is 138 Å². The summed E-state index contributed by atoms with van der Waals surface area (Å²) in [4.78, 5) is 4.87. The summed E-state index contributed by atoms with van der Waals surface area (Å²) in [6, 6.07) is 95.2. The molecule has 0 fully saturated rings. The molecular weight excluding hydrogens is 849 g/mol. The fourth-order valence-corrected chi connectivity index (χ4v) is 16.6. The molecule has 0 saturated carbocycles. The molecule has 12 rings (SSSR count). The first-order valence-electron chi connectivity index (χ1n) is 24.3. The summed E-state index contributed by atoms with van der Waals surface area (Å²) in [5.74, 6) is 0. The van der Waals surface area contributed by atoms with Crippen molar-refractivity contribution in [3.63, 3.8) is 0 Å². The Hall–Kier alpha value is -7.98. The molecule has 2 nitrogen and oxygen atoms in total. The Labute approximate surface area is 408 Å². The first-order chi connectivity index (χ1) is 33.7. The van der Waals surface area contributed by atoms with Crippen molar-refractivity contribution in [3.8, 4) is 22.3 Å². The van der Waals surface area contributed by atoms with Crippen LogP contribution >= 0.6 is 0 Å². The van der Waals surface area contributed by atoms with Crippen molar-refractivity contribution >= 4 is 62.9 Å². The zero-order chi connectivity index (χ0) is 46.7. The molecule has 0 aliphatic heterocycles. The van der Waals surface area contributed by atoms with Gasteiger partial charge in [-0.25, -0.2) is 0 Å². The van der Waals surface area contributed by atoms with Crippen LogP contribution in [-0.2, 0) is 10.8 Å². The molecule has 2 aliphatic carbocycles. The van der Waals surface area contributed by atoms with Gasteiger partial charge in [-0.1, -0.05) is 210 Å². The number of para-hydroxylation sites is 2.